The van der Waals surface area contributed by atoms with Crippen LogP contribution in [0.3, 0.4) is 0 Å². The molecule has 5 rings (SSSR count). The van der Waals surface area contributed by atoms with Gasteiger partial charge in [0.1, 0.15) is 10.9 Å². The third-order valence-electron chi connectivity index (χ3n) is 5.78. The maximum absolute atomic E-state index is 6.45. The number of para-hydroxylation sites is 1. The van der Waals surface area contributed by atoms with Crippen LogP contribution in [-0.4, -0.2) is 58.2 Å². The van der Waals surface area contributed by atoms with Crippen molar-refractivity contribution in [3.63, 3.8) is 0 Å². The number of halogens is 1. The van der Waals surface area contributed by atoms with Gasteiger partial charge in [0.15, 0.2) is 0 Å². The van der Waals surface area contributed by atoms with Crippen molar-refractivity contribution in [2.75, 3.05) is 33.3 Å². The van der Waals surface area contributed by atoms with E-state index in [1.807, 2.05) is 42.5 Å². The molecule has 0 unspecified atom stereocenters. The number of hydrogen-bond acceptors (Lipinski definition) is 7. The fourth-order valence-electron chi connectivity index (χ4n) is 3.96. The lowest BCUT2D eigenvalue weighted by atomic mass is 10.1. The van der Waals surface area contributed by atoms with E-state index >= 15 is 0 Å². The average molecular weight is 450 g/mol. The van der Waals surface area contributed by atoms with Gasteiger partial charge in [0.2, 0.25) is 11.7 Å². The normalized spacial score (nSPS) is 15.3. The Kier molecular flexibility index (Phi) is 6.03. The fourth-order valence-corrected chi connectivity index (χ4v) is 4.17. The number of piperazine rings is 1. The van der Waals surface area contributed by atoms with E-state index in [0.717, 1.165) is 60.5 Å². The molecule has 164 valence electrons. The van der Waals surface area contributed by atoms with Crippen molar-refractivity contribution >= 4 is 22.5 Å². The van der Waals surface area contributed by atoms with Crippen LogP contribution in [-0.2, 0) is 13.1 Å². The molecule has 1 aliphatic heterocycles. The van der Waals surface area contributed by atoms with Crippen LogP contribution < -0.4 is 4.74 Å². The van der Waals surface area contributed by atoms with E-state index < -0.39 is 0 Å². The average Bonchev–Trinajstić information content (AvgIpc) is 3.29. The summed E-state index contributed by atoms with van der Waals surface area (Å²) in [5.74, 6) is 2.03. The summed E-state index contributed by atoms with van der Waals surface area (Å²) in [5.41, 5.74) is 2.91. The molecule has 7 nitrogen and oxygen atoms in total. The molecule has 2 aromatic carbocycles. The Morgan fingerprint density at radius 2 is 1.66 bits per heavy atom. The molecule has 0 bridgehead atoms. The highest BCUT2D eigenvalue weighted by Crippen LogP contribution is 2.23. The van der Waals surface area contributed by atoms with Crippen molar-refractivity contribution in [3.05, 3.63) is 71.2 Å². The minimum absolute atomic E-state index is 0.586. The summed E-state index contributed by atoms with van der Waals surface area (Å²) in [7, 11) is 1.65. The molecule has 3 heterocycles. The van der Waals surface area contributed by atoms with Crippen LogP contribution in [0, 0.1) is 0 Å². The van der Waals surface area contributed by atoms with Crippen LogP contribution in [0.5, 0.6) is 5.75 Å². The van der Waals surface area contributed by atoms with E-state index in [-0.39, 0.29) is 0 Å². The van der Waals surface area contributed by atoms with Crippen molar-refractivity contribution in [2.24, 2.45) is 0 Å². The predicted molar refractivity (Wildman–Crippen MR) is 124 cm³/mol. The summed E-state index contributed by atoms with van der Waals surface area (Å²) in [6, 6.07) is 17.9. The van der Waals surface area contributed by atoms with Crippen LogP contribution in [0.1, 0.15) is 11.5 Å². The molecule has 0 atom stereocenters. The number of rotatable bonds is 6. The first-order valence-corrected chi connectivity index (χ1v) is 11.0. The van der Waals surface area contributed by atoms with E-state index in [2.05, 4.69) is 37.1 Å². The summed E-state index contributed by atoms with van der Waals surface area (Å²) < 4.78 is 10.7. The number of benzene rings is 2. The summed E-state index contributed by atoms with van der Waals surface area (Å²) in [5, 5.41) is 5.83. The van der Waals surface area contributed by atoms with Crippen molar-refractivity contribution in [2.45, 2.75) is 13.1 Å². The number of nitrogens with zero attached hydrogens (tertiary/aromatic N) is 5. The molecule has 0 N–H and O–H groups in total. The minimum Gasteiger partial charge on any atom is -0.497 e. The monoisotopic (exact) mass is 449 g/mol. The SMILES string of the molecule is COc1ccc(-c2noc(CN3CCN(Cc4cc5ccccc5nc4Cl)CC3)n2)cc1. The number of methoxy groups -OCH3 is 1. The number of aromatic nitrogens is 3. The Bertz CT molecular complexity index is 1200. The second-order valence-corrected chi connectivity index (χ2v) is 8.28. The van der Waals surface area contributed by atoms with Gasteiger partial charge in [-0.3, -0.25) is 9.80 Å². The quantitative estimate of drug-likeness (QED) is 0.407. The van der Waals surface area contributed by atoms with Crippen molar-refractivity contribution in [1.82, 2.24) is 24.9 Å². The maximum atomic E-state index is 6.45. The van der Waals surface area contributed by atoms with Crippen LogP contribution in [0.25, 0.3) is 22.3 Å². The highest BCUT2D eigenvalue weighted by atomic mass is 35.5. The lowest BCUT2D eigenvalue weighted by Crippen LogP contribution is -2.45. The Balaban J connectivity index is 1.17. The summed E-state index contributed by atoms with van der Waals surface area (Å²) in [4.78, 5) is 13.8. The summed E-state index contributed by atoms with van der Waals surface area (Å²) in [6.45, 7) is 5.20. The molecular formula is C24H24ClN5O2. The maximum Gasteiger partial charge on any atom is 0.241 e. The fraction of sp³-hybridized carbons (Fsp3) is 0.292. The first-order chi connectivity index (χ1) is 15.7. The molecule has 1 fully saturated rings. The number of pyridine rings is 1. The summed E-state index contributed by atoms with van der Waals surface area (Å²) in [6.07, 6.45) is 0. The standard InChI is InChI=1S/C24H24ClN5O2/c1-31-20-8-6-17(7-9-20)24-27-22(32-28-24)16-30-12-10-29(11-13-30)15-19-14-18-4-2-3-5-21(18)26-23(19)25/h2-9,14H,10-13,15-16H2,1H3. The van der Waals surface area contributed by atoms with Gasteiger partial charge in [-0.25, -0.2) is 4.98 Å². The van der Waals surface area contributed by atoms with Gasteiger partial charge in [-0.2, -0.15) is 4.98 Å². The Morgan fingerprint density at radius 3 is 2.41 bits per heavy atom. The topological polar surface area (TPSA) is 67.5 Å². The molecule has 4 aromatic rings. The van der Waals surface area contributed by atoms with Gasteiger partial charge < -0.3 is 9.26 Å². The molecule has 0 aliphatic carbocycles. The smallest absolute Gasteiger partial charge is 0.241 e. The number of ether oxygens (including phenoxy) is 1. The second-order valence-electron chi connectivity index (χ2n) is 7.92. The third-order valence-corrected chi connectivity index (χ3v) is 6.11. The van der Waals surface area contributed by atoms with E-state index in [9.17, 15) is 0 Å². The third kappa shape index (κ3) is 4.60. The zero-order valence-corrected chi connectivity index (χ0v) is 18.6. The molecule has 0 amide bonds. The van der Waals surface area contributed by atoms with Crippen LogP contribution in [0.2, 0.25) is 5.15 Å². The van der Waals surface area contributed by atoms with Crippen molar-refractivity contribution in [3.8, 4) is 17.1 Å². The first-order valence-electron chi connectivity index (χ1n) is 10.6. The van der Waals surface area contributed by atoms with Crippen molar-refractivity contribution in [1.29, 1.82) is 0 Å². The second kappa shape index (κ2) is 9.24. The zero-order valence-electron chi connectivity index (χ0n) is 17.9. The van der Waals surface area contributed by atoms with Crippen LogP contribution in [0.4, 0.5) is 0 Å². The highest BCUT2D eigenvalue weighted by Gasteiger charge is 2.20. The van der Waals surface area contributed by atoms with Gasteiger partial charge in [0.25, 0.3) is 0 Å². The lowest BCUT2D eigenvalue weighted by molar-refractivity contribution is 0.112. The van der Waals surface area contributed by atoms with Gasteiger partial charge >= 0.3 is 0 Å². The van der Waals surface area contributed by atoms with Crippen LogP contribution in [0.15, 0.2) is 59.1 Å². The number of fused-ring (bicyclic) bond motifs is 1. The first kappa shape index (κ1) is 20.9. The Morgan fingerprint density at radius 1 is 0.938 bits per heavy atom. The van der Waals surface area contributed by atoms with Crippen LogP contribution >= 0.6 is 11.6 Å². The molecule has 2 aromatic heterocycles. The largest absolute Gasteiger partial charge is 0.497 e. The highest BCUT2D eigenvalue weighted by molar-refractivity contribution is 6.30. The van der Waals surface area contributed by atoms with E-state index in [1.54, 1.807) is 7.11 Å². The minimum atomic E-state index is 0.586. The van der Waals surface area contributed by atoms with E-state index in [0.29, 0.717) is 23.4 Å². The summed E-state index contributed by atoms with van der Waals surface area (Å²) >= 11 is 6.45. The molecule has 0 radical (unpaired) electrons. The molecular weight excluding hydrogens is 426 g/mol. The molecule has 1 aliphatic rings. The van der Waals surface area contributed by atoms with Gasteiger partial charge in [0.05, 0.1) is 19.2 Å². The Labute approximate surface area is 191 Å². The van der Waals surface area contributed by atoms with E-state index in [4.69, 9.17) is 20.9 Å². The number of hydrogen-bond donors (Lipinski definition) is 0. The Hall–Kier alpha value is -3.00. The lowest BCUT2D eigenvalue weighted by Gasteiger charge is -2.34. The molecule has 0 saturated carbocycles. The van der Waals surface area contributed by atoms with Gasteiger partial charge in [0, 0.05) is 49.2 Å². The van der Waals surface area contributed by atoms with E-state index in [1.165, 1.54) is 0 Å². The van der Waals surface area contributed by atoms with Gasteiger partial charge in [-0.15, -0.1) is 0 Å². The van der Waals surface area contributed by atoms with Gasteiger partial charge in [-0.1, -0.05) is 35.0 Å². The molecule has 1 saturated heterocycles. The molecule has 0 spiro atoms. The molecule has 8 heteroatoms. The zero-order chi connectivity index (χ0) is 21.9. The van der Waals surface area contributed by atoms with Gasteiger partial charge in [-0.05, 0) is 36.4 Å². The predicted octanol–water partition coefficient (Wildman–Crippen LogP) is 4.26. The molecule has 32 heavy (non-hydrogen) atoms. The van der Waals surface area contributed by atoms with Crippen molar-refractivity contribution < 1.29 is 9.26 Å².